The number of nitrogens with zero attached hydrogens (tertiary/aromatic N) is 2. The van der Waals surface area contributed by atoms with Crippen LogP contribution >= 0.6 is 0 Å². The molecule has 0 unspecified atom stereocenters. The summed E-state index contributed by atoms with van der Waals surface area (Å²) in [5, 5.41) is 10.3. The molecule has 0 N–H and O–H groups in total. The van der Waals surface area contributed by atoms with E-state index in [2.05, 4.69) is 10.2 Å². The predicted molar refractivity (Wildman–Crippen MR) is 91.4 cm³/mol. The van der Waals surface area contributed by atoms with E-state index in [1.54, 1.807) is 12.1 Å². The molecule has 4 aromatic rings. The van der Waals surface area contributed by atoms with E-state index in [1.807, 2.05) is 54.6 Å². The molecule has 0 bridgehead atoms. The Morgan fingerprint density at radius 1 is 0.667 bits per heavy atom. The van der Waals surface area contributed by atoms with Gasteiger partial charge in [0.15, 0.2) is 0 Å². The van der Waals surface area contributed by atoms with Crippen molar-refractivity contribution in [2.24, 2.45) is 0 Å². The van der Waals surface area contributed by atoms with Gasteiger partial charge in [-0.15, -0.1) is 10.2 Å². The third kappa shape index (κ3) is 2.70. The summed E-state index contributed by atoms with van der Waals surface area (Å²) in [6, 6.07) is 23.4. The Hall–Kier alpha value is -3.27. The molecule has 0 aliphatic rings. The van der Waals surface area contributed by atoms with Gasteiger partial charge in [0.2, 0.25) is 5.88 Å². The molecule has 0 aliphatic heterocycles. The van der Waals surface area contributed by atoms with Gasteiger partial charge in [0, 0.05) is 16.3 Å². The van der Waals surface area contributed by atoms with Gasteiger partial charge in [0.1, 0.15) is 17.3 Å². The quantitative estimate of drug-likeness (QED) is 0.519. The van der Waals surface area contributed by atoms with Crippen LogP contribution in [0.4, 0.5) is 4.39 Å². The summed E-state index contributed by atoms with van der Waals surface area (Å²) in [7, 11) is 0. The lowest BCUT2D eigenvalue weighted by atomic mass is 10.1. The average molecular weight is 316 g/mol. The highest BCUT2D eigenvalue weighted by atomic mass is 19.1. The molecule has 4 heteroatoms. The van der Waals surface area contributed by atoms with Crippen molar-refractivity contribution < 1.29 is 9.13 Å². The molecule has 3 nitrogen and oxygen atoms in total. The summed E-state index contributed by atoms with van der Waals surface area (Å²) >= 11 is 0. The summed E-state index contributed by atoms with van der Waals surface area (Å²) in [5.74, 6) is 0.870. The van der Waals surface area contributed by atoms with E-state index < -0.39 is 0 Å². The summed E-state index contributed by atoms with van der Waals surface area (Å²) in [5.41, 5.74) is 1.51. The van der Waals surface area contributed by atoms with E-state index in [0.29, 0.717) is 17.3 Å². The van der Waals surface area contributed by atoms with Gasteiger partial charge in [-0.3, -0.25) is 0 Å². The molecule has 0 saturated heterocycles. The number of halogens is 1. The third-order valence-electron chi connectivity index (χ3n) is 3.73. The number of ether oxygens (including phenoxy) is 1. The molecule has 1 aromatic heterocycles. The van der Waals surface area contributed by atoms with Crippen molar-refractivity contribution in [3.63, 3.8) is 0 Å². The fraction of sp³-hybridized carbons (Fsp3) is 0. The smallest absolute Gasteiger partial charge is 0.246 e. The van der Waals surface area contributed by atoms with E-state index in [0.717, 1.165) is 16.3 Å². The first-order valence-electron chi connectivity index (χ1n) is 7.55. The van der Waals surface area contributed by atoms with Gasteiger partial charge in [0.05, 0.1) is 0 Å². The lowest BCUT2D eigenvalue weighted by Gasteiger charge is -2.10. The third-order valence-corrected chi connectivity index (χ3v) is 3.73. The molecule has 24 heavy (non-hydrogen) atoms. The summed E-state index contributed by atoms with van der Waals surface area (Å²) in [6.07, 6.45) is 0. The normalized spacial score (nSPS) is 10.7. The summed E-state index contributed by atoms with van der Waals surface area (Å²) in [4.78, 5) is 0. The fourth-order valence-corrected chi connectivity index (χ4v) is 2.58. The minimum atomic E-state index is -0.278. The van der Waals surface area contributed by atoms with Gasteiger partial charge in [-0.25, -0.2) is 4.39 Å². The van der Waals surface area contributed by atoms with E-state index in [4.69, 9.17) is 4.74 Å². The second-order valence-electron chi connectivity index (χ2n) is 5.32. The molecular formula is C20H13FN2O. The summed E-state index contributed by atoms with van der Waals surface area (Å²) in [6.45, 7) is 0. The number of benzene rings is 3. The molecule has 0 aliphatic carbocycles. The van der Waals surface area contributed by atoms with Crippen LogP contribution in [0.15, 0.2) is 78.9 Å². The number of fused-ring (bicyclic) bond motifs is 1. The van der Waals surface area contributed by atoms with Crippen LogP contribution in [0.2, 0.25) is 0 Å². The van der Waals surface area contributed by atoms with Gasteiger partial charge >= 0.3 is 0 Å². The Balaban J connectivity index is 1.84. The van der Waals surface area contributed by atoms with E-state index >= 15 is 0 Å². The van der Waals surface area contributed by atoms with Crippen LogP contribution in [0.3, 0.4) is 0 Å². The first-order valence-corrected chi connectivity index (χ1v) is 7.55. The lowest BCUT2D eigenvalue weighted by Crippen LogP contribution is -1.95. The zero-order valence-electron chi connectivity index (χ0n) is 12.7. The maximum Gasteiger partial charge on any atom is 0.246 e. The zero-order chi connectivity index (χ0) is 16.4. The summed E-state index contributed by atoms with van der Waals surface area (Å²) < 4.78 is 19.0. The van der Waals surface area contributed by atoms with E-state index in [-0.39, 0.29) is 5.82 Å². The van der Waals surface area contributed by atoms with Crippen molar-refractivity contribution >= 4 is 10.8 Å². The van der Waals surface area contributed by atoms with Crippen LogP contribution in [0.1, 0.15) is 0 Å². The Bertz CT molecular complexity index is 985. The van der Waals surface area contributed by atoms with Crippen molar-refractivity contribution in [2.75, 3.05) is 0 Å². The number of aromatic nitrogens is 2. The Labute approximate surface area is 138 Å². The number of hydrogen-bond donors (Lipinski definition) is 0. The monoisotopic (exact) mass is 316 g/mol. The molecule has 4 rings (SSSR count). The maximum atomic E-state index is 13.2. The molecule has 1 heterocycles. The van der Waals surface area contributed by atoms with E-state index in [1.165, 1.54) is 12.1 Å². The molecule has 0 fully saturated rings. The molecular weight excluding hydrogens is 303 g/mol. The number of para-hydroxylation sites is 1. The van der Waals surface area contributed by atoms with Gasteiger partial charge < -0.3 is 4.74 Å². The van der Waals surface area contributed by atoms with Gasteiger partial charge in [-0.05, 0) is 42.5 Å². The predicted octanol–water partition coefficient (Wildman–Crippen LogP) is 5.23. The second kappa shape index (κ2) is 6.08. The van der Waals surface area contributed by atoms with Crippen LogP contribution in [-0.4, -0.2) is 10.2 Å². The van der Waals surface area contributed by atoms with Crippen LogP contribution in [0.25, 0.3) is 22.0 Å². The van der Waals surface area contributed by atoms with Crippen LogP contribution in [-0.2, 0) is 0 Å². The molecule has 0 radical (unpaired) electrons. The molecule has 0 atom stereocenters. The number of hydrogen-bond acceptors (Lipinski definition) is 3. The highest BCUT2D eigenvalue weighted by Gasteiger charge is 2.12. The highest BCUT2D eigenvalue weighted by Crippen LogP contribution is 2.32. The molecule has 3 aromatic carbocycles. The average Bonchev–Trinajstić information content (AvgIpc) is 2.64. The first kappa shape index (κ1) is 14.3. The minimum Gasteiger partial charge on any atom is -0.437 e. The highest BCUT2D eigenvalue weighted by molar-refractivity contribution is 5.97. The standard InChI is InChI=1S/C20H13FN2O/c21-15-12-10-14(11-13-15)19-17-8-4-5-9-18(17)20(23-22-19)24-16-6-2-1-3-7-16/h1-13H. The van der Waals surface area contributed by atoms with Gasteiger partial charge in [-0.2, -0.15) is 0 Å². The van der Waals surface area contributed by atoms with Gasteiger partial charge in [-0.1, -0.05) is 36.4 Å². The zero-order valence-corrected chi connectivity index (χ0v) is 12.7. The Morgan fingerprint density at radius 3 is 2.08 bits per heavy atom. The molecule has 116 valence electrons. The van der Waals surface area contributed by atoms with E-state index in [9.17, 15) is 4.39 Å². The molecule has 0 amide bonds. The molecule has 0 saturated carbocycles. The maximum absolute atomic E-state index is 13.2. The molecule has 0 spiro atoms. The second-order valence-corrected chi connectivity index (χ2v) is 5.32. The number of rotatable bonds is 3. The van der Waals surface area contributed by atoms with Crippen molar-refractivity contribution in [2.45, 2.75) is 0 Å². The van der Waals surface area contributed by atoms with Crippen molar-refractivity contribution in [3.05, 3.63) is 84.7 Å². The van der Waals surface area contributed by atoms with Crippen molar-refractivity contribution in [1.82, 2.24) is 10.2 Å². The first-order chi connectivity index (χ1) is 11.8. The Kier molecular flexibility index (Phi) is 3.63. The fourth-order valence-electron chi connectivity index (χ4n) is 2.58. The van der Waals surface area contributed by atoms with Crippen molar-refractivity contribution in [3.8, 4) is 22.9 Å². The lowest BCUT2D eigenvalue weighted by molar-refractivity contribution is 0.462. The Morgan fingerprint density at radius 2 is 1.33 bits per heavy atom. The minimum absolute atomic E-state index is 0.278. The largest absolute Gasteiger partial charge is 0.437 e. The van der Waals surface area contributed by atoms with Crippen molar-refractivity contribution in [1.29, 1.82) is 0 Å². The van der Waals surface area contributed by atoms with Crippen LogP contribution in [0.5, 0.6) is 11.6 Å². The SMILES string of the molecule is Fc1ccc(-c2nnc(Oc3ccccc3)c3ccccc23)cc1. The topological polar surface area (TPSA) is 35.0 Å². The van der Waals surface area contributed by atoms with Gasteiger partial charge in [0.25, 0.3) is 0 Å². The van der Waals surface area contributed by atoms with Crippen LogP contribution in [0, 0.1) is 5.82 Å². The van der Waals surface area contributed by atoms with Crippen LogP contribution < -0.4 is 4.74 Å².